The first kappa shape index (κ1) is 14.5. The SMILES string of the molecule is CC[C@H](O)c1ccc(N(CC)c2ccc(F)cc2)cn1. The van der Waals surface area contributed by atoms with Crippen LogP contribution in [-0.2, 0) is 0 Å². The molecule has 0 aliphatic heterocycles. The van der Waals surface area contributed by atoms with Gasteiger partial charge in [-0.1, -0.05) is 6.92 Å². The van der Waals surface area contributed by atoms with E-state index in [1.807, 2.05) is 30.9 Å². The summed E-state index contributed by atoms with van der Waals surface area (Å²) >= 11 is 0. The molecule has 106 valence electrons. The number of aromatic nitrogens is 1. The van der Waals surface area contributed by atoms with Gasteiger partial charge in [-0.3, -0.25) is 4.98 Å². The van der Waals surface area contributed by atoms with E-state index in [1.165, 1.54) is 12.1 Å². The van der Waals surface area contributed by atoms with Crippen LogP contribution in [0.5, 0.6) is 0 Å². The number of rotatable bonds is 5. The van der Waals surface area contributed by atoms with E-state index in [-0.39, 0.29) is 5.82 Å². The second-order valence-corrected chi connectivity index (χ2v) is 4.59. The molecule has 1 N–H and O–H groups in total. The summed E-state index contributed by atoms with van der Waals surface area (Å²) in [5.74, 6) is -0.246. The Bertz CT molecular complexity index is 539. The zero-order valence-corrected chi connectivity index (χ0v) is 11.8. The fraction of sp³-hybridized carbons (Fsp3) is 0.312. The first-order valence-corrected chi connectivity index (χ1v) is 6.82. The number of hydrogen-bond acceptors (Lipinski definition) is 3. The van der Waals surface area contributed by atoms with Crippen LogP contribution in [0.3, 0.4) is 0 Å². The maximum absolute atomic E-state index is 13.0. The Balaban J connectivity index is 2.25. The van der Waals surface area contributed by atoms with Gasteiger partial charge in [-0.2, -0.15) is 0 Å². The Morgan fingerprint density at radius 2 is 1.75 bits per heavy atom. The highest BCUT2D eigenvalue weighted by atomic mass is 19.1. The monoisotopic (exact) mass is 274 g/mol. The molecule has 0 bridgehead atoms. The zero-order valence-electron chi connectivity index (χ0n) is 11.8. The number of aliphatic hydroxyl groups excluding tert-OH is 1. The maximum Gasteiger partial charge on any atom is 0.123 e. The molecular weight excluding hydrogens is 255 g/mol. The summed E-state index contributed by atoms with van der Waals surface area (Å²) in [4.78, 5) is 6.33. The Morgan fingerprint density at radius 3 is 2.25 bits per heavy atom. The van der Waals surface area contributed by atoms with Gasteiger partial charge in [0, 0.05) is 12.2 Å². The van der Waals surface area contributed by atoms with Crippen LogP contribution >= 0.6 is 0 Å². The standard InChI is InChI=1S/C16H19FN2O/c1-3-16(20)15-10-9-14(11-18-15)19(4-2)13-7-5-12(17)6-8-13/h5-11,16,20H,3-4H2,1-2H3/t16-/m0/s1. The van der Waals surface area contributed by atoms with Crippen molar-refractivity contribution in [2.45, 2.75) is 26.4 Å². The van der Waals surface area contributed by atoms with Crippen molar-refractivity contribution >= 4 is 11.4 Å². The van der Waals surface area contributed by atoms with E-state index >= 15 is 0 Å². The molecule has 3 nitrogen and oxygen atoms in total. The fourth-order valence-electron chi connectivity index (χ4n) is 2.10. The summed E-state index contributed by atoms with van der Waals surface area (Å²) in [5.41, 5.74) is 2.51. The van der Waals surface area contributed by atoms with Gasteiger partial charge >= 0.3 is 0 Å². The number of hydrogen-bond donors (Lipinski definition) is 1. The summed E-state index contributed by atoms with van der Waals surface area (Å²) in [7, 11) is 0. The summed E-state index contributed by atoms with van der Waals surface area (Å²) in [6.45, 7) is 4.69. The van der Waals surface area contributed by atoms with Gasteiger partial charge in [-0.25, -0.2) is 4.39 Å². The highest BCUT2D eigenvalue weighted by Gasteiger charge is 2.10. The van der Waals surface area contributed by atoms with Crippen LogP contribution in [-0.4, -0.2) is 16.6 Å². The Morgan fingerprint density at radius 1 is 1.10 bits per heavy atom. The lowest BCUT2D eigenvalue weighted by atomic mass is 10.2. The van der Waals surface area contributed by atoms with Gasteiger partial charge in [0.15, 0.2) is 0 Å². The highest BCUT2D eigenvalue weighted by molar-refractivity contribution is 5.62. The normalized spacial score (nSPS) is 12.2. The van der Waals surface area contributed by atoms with Crippen LogP contribution in [0.2, 0.25) is 0 Å². The molecule has 1 heterocycles. The second-order valence-electron chi connectivity index (χ2n) is 4.59. The van der Waals surface area contributed by atoms with E-state index < -0.39 is 6.10 Å². The predicted octanol–water partition coefficient (Wildman–Crippen LogP) is 3.82. The first-order chi connectivity index (χ1) is 9.65. The average Bonchev–Trinajstić information content (AvgIpc) is 2.50. The molecule has 0 fully saturated rings. The average molecular weight is 274 g/mol. The smallest absolute Gasteiger partial charge is 0.123 e. The minimum Gasteiger partial charge on any atom is -0.387 e. The third kappa shape index (κ3) is 3.14. The number of benzene rings is 1. The molecule has 0 spiro atoms. The molecule has 2 rings (SSSR count). The molecule has 2 aromatic rings. The van der Waals surface area contributed by atoms with Crippen LogP contribution in [0, 0.1) is 5.82 Å². The molecule has 0 aliphatic rings. The molecular formula is C16H19FN2O. The summed E-state index contributed by atoms with van der Waals surface area (Å²) in [5, 5.41) is 9.75. The lowest BCUT2D eigenvalue weighted by Crippen LogP contribution is -2.16. The highest BCUT2D eigenvalue weighted by Crippen LogP contribution is 2.25. The molecule has 0 aliphatic carbocycles. The molecule has 0 amide bonds. The van der Waals surface area contributed by atoms with Gasteiger partial charge < -0.3 is 10.0 Å². The molecule has 0 saturated carbocycles. The van der Waals surface area contributed by atoms with Crippen LogP contribution in [0.4, 0.5) is 15.8 Å². The third-order valence-corrected chi connectivity index (χ3v) is 3.27. The quantitative estimate of drug-likeness (QED) is 0.900. The van der Waals surface area contributed by atoms with Crippen molar-refractivity contribution in [1.82, 2.24) is 4.98 Å². The van der Waals surface area contributed by atoms with Crippen LogP contribution in [0.1, 0.15) is 32.1 Å². The van der Waals surface area contributed by atoms with Crippen molar-refractivity contribution in [2.24, 2.45) is 0 Å². The van der Waals surface area contributed by atoms with Crippen molar-refractivity contribution in [3.8, 4) is 0 Å². The van der Waals surface area contributed by atoms with Crippen LogP contribution in [0.15, 0.2) is 42.6 Å². The molecule has 1 aromatic carbocycles. The number of halogens is 1. The minimum atomic E-state index is -0.523. The summed E-state index contributed by atoms with van der Waals surface area (Å²) in [6, 6.07) is 10.1. The van der Waals surface area contributed by atoms with E-state index in [1.54, 1.807) is 18.3 Å². The fourth-order valence-corrected chi connectivity index (χ4v) is 2.10. The summed E-state index contributed by atoms with van der Waals surface area (Å²) in [6.07, 6.45) is 1.85. The van der Waals surface area contributed by atoms with E-state index in [0.29, 0.717) is 12.1 Å². The zero-order chi connectivity index (χ0) is 14.5. The number of nitrogens with zero attached hydrogens (tertiary/aromatic N) is 2. The van der Waals surface area contributed by atoms with Gasteiger partial charge in [0.2, 0.25) is 0 Å². The van der Waals surface area contributed by atoms with Crippen molar-refractivity contribution in [2.75, 3.05) is 11.4 Å². The molecule has 0 radical (unpaired) electrons. The van der Waals surface area contributed by atoms with Gasteiger partial charge in [-0.05, 0) is 49.7 Å². The van der Waals surface area contributed by atoms with Gasteiger partial charge in [-0.15, -0.1) is 0 Å². The Labute approximate surface area is 118 Å². The van der Waals surface area contributed by atoms with Crippen molar-refractivity contribution in [3.63, 3.8) is 0 Å². The van der Waals surface area contributed by atoms with E-state index in [2.05, 4.69) is 4.98 Å². The predicted molar refractivity (Wildman–Crippen MR) is 78.6 cm³/mol. The molecule has 4 heteroatoms. The van der Waals surface area contributed by atoms with E-state index in [0.717, 1.165) is 17.9 Å². The van der Waals surface area contributed by atoms with Gasteiger partial charge in [0.1, 0.15) is 5.82 Å². The lowest BCUT2D eigenvalue weighted by molar-refractivity contribution is 0.169. The van der Waals surface area contributed by atoms with Crippen LogP contribution < -0.4 is 4.90 Å². The van der Waals surface area contributed by atoms with Gasteiger partial charge in [0.05, 0.1) is 23.7 Å². The number of anilines is 2. The van der Waals surface area contributed by atoms with E-state index in [9.17, 15) is 9.50 Å². The second kappa shape index (κ2) is 6.48. The molecule has 1 atom stereocenters. The Kier molecular flexibility index (Phi) is 4.69. The molecule has 0 saturated heterocycles. The van der Waals surface area contributed by atoms with Crippen LogP contribution in [0.25, 0.3) is 0 Å². The maximum atomic E-state index is 13.0. The number of aliphatic hydroxyl groups is 1. The first-order valence-electron chi connectivity index (χ1n) is 6.82. The number of pyridine rings is 1. The topological polar surface area (TPSA) is 36.4 Å². The van der Waals surface area contributed by atoms with Crippen molar-refractivity contribution in [1.29, 1.82) is 0 Å². The molecule has 0 unspecified atom stereocenters. The molecule has 20 heavy (non-hydrogen) atoms. The van der Waals surface area contributed by atoms with E-state index in [4.69, 9.17) is 0 Å². The van der Waals surface area contributed by atoms with Crippen molar-refractivity contribution in [3.05, 3.63) is 54.1 Å². The Hall–Kier alpha value is -1.94. The van der Waals surface area contributed by atoms with Crippen molar-refractivity contribution < 1.29 is 9.50 Å². The third-order valence-electron chi connectivity index (χ3n) is 3.27. The summed E-state index contributed by atoms with van der Waals surface area (Å²) < 4.78 is 13.0. The largest absolute Gasteiger partial charge is 0.387 e. The lowest BCUT2D eigenvalue weighted by Gasteiger charge is -2.23. The minimum absolute atomic E-state index is 0.246. The van der Waals surface area contributed by atoms with Gasteiger partial charge in [0.25, 0.3) is 0 Å². The molecule has 1 aromatic heterocycles.